The van der Waals surface area contributed by atoms with Gasteiger partial charge in [-0.25, -0.2) is 9.97 Å². The first-order valence-electron chi connectivity index (χ1n) is 8.84. The van der Waals surface area contributed by atoms with Crippen LogP contribution in [0.15, 0.2) is 36.4 Å². The van der Waals surface area contributed by atoms with Crippen molar-refractivity contribution in [1.29, 1.82) is 0 Å². The number of anilines is 2. The van der Waals surface area contributed by atoms with Crippen LogP contribution in [0, 0.1) is 0 Å². The minimum atomic E-state index is 0.552. The lowest BCUT2D eigenvalue weighted by Gasteiger charge is -2.23. The fourth-order valence-electron chi connectivity index (χ4n) is 3.20. The average molecular weight is 308 g/mol. The smallest absolute Gasteiger partial charge is 0.163 e. The second kappa shape index (κ2) is 6.57. The summed E-state index contributed by atoms with van der Waals surface area (Å²) < 4.78 is 0. The summed E-state index contributed by atoms with van der Waals surface area (Å²) in [6.45, 7) is 0. The lowest BCUT2D eigenvalue weighted by atomic mass is 9.95. The van der Waals surface area contributed by atoms with E-state index >= 15 is 0 Å². The van der Waals surface area contributed by atoms with E-state index in [-0.39, 0.29) is 0 Å². The van der Waals surface area contributed by atoms with Crippen molar-refractivity contribution >= 4 is 11.6 Å². The predicted molar refractivity (Wildman–Crippen MR) is 94.6 cm³/mol. The molecule has 1 heterocycles. The maximum absolute atomic E-state index is 4.76. The quantitative estimate of drug-likeness (QED) is 0.856. The lowest BCUT2D eigenvalue weighted by Crippen LogP contribution is -2.23. The van der Waals surface area contributed by atoms with E-state index in [0.717, 1.165) is 23.0 Å². The third-order valence-corrected chi connectivity index (χ3v) is 4.64. The molecule has 2 saturated carbocycles. The van der Waals surface area contributed by atoms with Gasteiger partial charge in [0.15, 0.2) is 5.82 Å². The van der Waals surface area contributed by atoms with Crippen molar-refractivity contribution in [2.45, 2.75) is 57.0 Å². The Hall–Kier alpha value is -2.10. The molecule has 0 atom stereocenters. The molecule has 2 N–H and O–H groups in total. The van der Waals surface area contributed by atoms with Gasteiger partial charge in [0.05, 0.1) is 0 Å². The fourth-order valence-corrected chi connectivity index (χ4v) is 3.20. The Morgan fingerprint density at radius 2 is 1.35 bits per heavy atom. The number of benzene rings is 1. The normalized spacial score (nSPS) is 18.6. The van der Waals surface area contributed by atoms with E-state index in [1.54, 1.807) is 0 Å². The van der Waals surface area contributed by atoms with Gasteiger partial charge < -0.3 is 10.6 Å². The molecule has 4 heteroatoms. The minimum absolute atomic E-state index is 0.552. The summed E-state index contributed by atoms with van der Waals surface area (Å²) in [5.41, 5.74) is 1.07. The van der Waals surface area contributed by atoms with Crippen molar-refractivity contribution in [1.82, 2.24) is 9.97 Å². The van der Waals surface area contributed by atoms with Crippen molar-refractivity contribution < 1.29 is 0 Å². The van der Waals surface area contributed by atoms with Crippen LogP contribution in [0.2, 0.25) is 0 Å². The summed E-state index contributed by atoms with van der Waals surface area (Å²) in [6.07, 6.45) is 8.99. The van der Waals surface area contributed by atoms with Crippen LogP contribution in [-0.2, 0) is 0 Å². The first kappa shape index (κ1) is 14.5. The van der Waals surface area contributed by atoms with Gasteiger partial charge in [0.25, 0.3) is 0 Å². The molecule has 1 aromatic heterocycles. The highest BCUT2D eigenvalue weighted by Gasteiger charge is 2.22. The summed E-state index contributed by atoms with van der Waals surface area (Å²) in [7, 11) is 0. The maximum Gasteiger partial charge on any atom is 0.163 e. The van der Waals surface area contributed by atoms with Gasteiger partial charge in [-0.05, 0) is 25.7 Å². The Balaban J connectivity index is 1.60. The van der Waals surface area contributed by atoms with Crippen molar-refractivity contribution in [3.8, 4) is 11.4 Å². The molecular weight excluding hydrogens is 284 g/mol. The molecule has 2 fully saturated rings. The second-order valence-corrected chi connectivity index (χ2v) is 6.73. The van der Waals surface area contributed by atoms with Crippen molar-refractivity contribution in [3.63, 3.8) is 0 Å². The van der Waals surface area contributed by atoms with Crippen LogP contribution in [0.1, 0.15) is 44.9 Å². The Morgan fingerprint density at radius 1 is 0.739 bits per heavy atom. The molecule has 120 valence electrons. The average Bonchev–Trinajstić information content (AvgIpc) is 3.40. The number of nitrogens with one attached hydrogen (secondary N) is 2. The lowest BCUT2D eigenvalue weighted by molar-refractivity contribution is 0.462. The Kier molecular flexibility index (Phi) is 4.14. The molecule has 4 rings (SSSR count). The molecule has 0 radical (unpaired) electrons. The molecule has 0 bridgehead atoms. The molecule has 0 aliphatic heterocycles. The zero-order valence-electron chi connectivity index (χ0n) is 13.5. The first-order valence-corrected chi connectivity index (χ1v) is 8.84. The summed E-state index contributed by atoms with van der Waals surface area (Å²) in [5, 5.41) is 7.15. The molecular formula is C19H24N4. The number of hydrogen-bond donors (Lipinski definition) is 2. The summed E-state index contributed by atoms with van der Waals surface area (Å²) in [6, 6.07) is 13.5. The van der Waals surface area contributed by atoms with E-state index < -0.39 is 0 Å². The van der Waals surface area contributed by atoms with Gasteiger partial charge in [0.1, 0.15) is 11.6 Å². The zero-order valence-corrected chi connectivity index (χ0v) is 13.5. The van der Waals surface area contributed by atoms with Crippen LogP contribution >= 0.6 is 0 Å². The van der Waals surface area contributed by atoms with Crippen LogP contribution in [0.4, 0.5) is 11.6 Å². The maximum atomic E-state index is 4.76. The molecule has 0 unspecified atom stereocenters. The molecule has 0 saturated heterocycles. The van der Waals surface area contributed by atoms with Crippen LogP contribution in [0.3, 0.4) is 0 Å². The highest BCUT2D eigenvalue weighted by atomic mass is 15.1. The van der Waals surface area contributed by atoms with Gasteiger partial charge in [-0.15, -0.1) is 0 Å². The van der Waals surface area contributed by atoms with Gasteiger partial charge in [-0.3, -0.25) is 0 Å². The highest BCUT2D eigenvalue weighted by Crippen LogP contribution is 2.28. The van der Waals surface area contributed by atoms with Crippen LogP contribution in [0.5, 0.6) is 0 Å². The van der Waals surface area contributed by atoms with E-state index in [2.05, 4.69) is 28.8 Å². The second-order valence-electron chi connectivity index (χ2n) is 6.73. The van der Waals surface area contributed by atoms with Gasteiger partial charge in [0.2, 0.25) is 0 Å². The third-order valence-electron chi connectivity index (χ3n) is 4.64. The summed E-state index contributed by atoms with van der Waals surface area (Å²) in [5.74, 6) is 2.70. The standard InChI is InChI=1S/C19H24N4/c1-3-7-14(8-4-1)19-22-17(20-15-9-5-2-6-10-15)13-18(23-19)21-16-11-12-16/h1,3-4,7-8,13,15-16H,2,5-6,9-12H2,(H2,20,21,22,23). The van der Waals surface area contributed by atoms with E-state index in [1.165, 1.54) is 44.9 Å². The van der Waals surface area contributed by atoms with Gasteiger partial charge >= 0.3 is 0 Å². The zero-order chi connectivity index (χ0) is 15.5. The summed E-state index contributed by atoms with van der Waals surface area (Å²) in [4.78, 5) is 9.48. The van der Waals surface area contributed by atoms with Gasteiger partial charge in [-0.2, -0.15) is 0 Å². The van der Waals surface area contributed by atoms with E-state index in [4.69, 9.17) is 9.97 Å². The molecule has 1 aromatic carbocycles. The Bertz CT molecular complexity index is 646. The number of aromatic nitrogens is 2. The molecule has 23 heavy (non-hydrogen) atoms. The highest BCUT2D eigenvalue weighted by molar-refractivity contribution is 5.61. The SMILES string of the molecule is c1ccc(-c2nc(NC3CCCCC3)cc(NC3CC3)n2)cc1. The minimum Gasteiger partial charge on any atom is -0.367 e. The Morgan fingerprint density at radius 3 is 1.96 bits per heavy atom. The van der Waals surface area contributed by atoms with Crippen LogP contribution in [-0.4, -0.2) is 22.1 Å². The third kappa shape index (κ3) is 3.81. The monoisotopic (exact) mass is 308 g/mol. The molecule has 4 nitrogen and oxygen atoms in total. The fraction of sp³-hybridized carbons (Fsp3) is 0.474. The van der Waals surface area contributed by atoms with Crippen LogP contribution in [0.25, 0.3) is 11.4 Å². The van der Waals surface area contributed by atoms with Crippen LogP contribution < -0.4 is 10.6 Å². The molecule has 2 aliphatic rings. The largest absolute Gasteiger partial charge is 0.367 e. The molecule has 2 aliphatic carbocycles. The van der Waals surface area contributed by atoms with Gasteiger partial charge in [0, 0.05) is 23.7 Å². The molecule has 2 aromatic rings. The van der Waals surface area contributed by atoms with E-state index in [9.17, 15) is 0 Å². The van der Waals surface area contributed by atoms with Crippen molar-refractivity contribution in [3.05, 3.63) is 36.4 Å². The van der Waals surface area contributed by atoms with Gasteiger partial charge in [-0.1, -0.05) is 49.6 Å². The molecule has 0 spiro atoms. The van der Waals surface area contributed by atoms with Crippen molar-refractivity contribution in [2.24, 2.45) is 0 Å². The molecule has 0 amide bonds. The Labute approximate surface area is 137 Å². The van der Waals surface area contributed by atoms with Crippen molar-refractivity contribution in [2.75, 3.05) is 10.6 Å². The number of rotatable bonds is 5. The number of nitrogens with zero attached hydrogens (tertiary/aromatic N) is 2. The predicted octanol–water partition coefficient (Wildman–Crippen LogP) is 4.46. The van der Waals surface area contributed by atoms with E-state index in [1.807, 2.05) is 18.2 Å². The first-order chi connectivity index (χ1) is 11.4. The summed E-state index contributed by atoms with van der Waals surface area (Å²) >= 11 is 0. The van der Waals surface area contributed by atoms with E-state index in [0.29, 0.717) is 12.1 Å². The number of hydrogen-bond acceptors (Lipinski definition) is 4. The topological polar surface area (TPSA) is 49.8 Å².